The van der Waals surface area contributed by atoms with Crippen LogP contribution in [0.25, 0.3) is 0 Å². The van der Waals surface area contributed by atoms with Gasteiger partial charge in [-0.2, -0.15) is 0 Å². The Balaban J connectivity index is 1.61. The highest BCUT2D eigenvalue weighted by Crippen LogP contribution is 2.33. The van der Waals surface area contributed by atoms with Crippen molar-refractivity contribution in [2.45, 2.75) is 19.3 Å². The van der Waals surface area contributed by atoms with Gasteiger partial charge in [0.15, 0.2) is 0 Å². The van der Waals surface area contributed by atoms with Crippen LogP contribution in [0.5, 0.6) is 11.5 Å². The molecule has 0 unspecified atom stereocenters. The molecule has 0 spiro atoms. The number of methoxy groups -OCH3 is 3. The van der Waals surface area contributed by atoms with Crippen molar-refractivity contribution in [2.75, 3.05) is 47.5 Å². The summed E-state index contributed by atoms with van der Waals surface area (Å²) in [6.45, 7) is 2.73. The van der Waals surface area contributed by atoms with Crippen LogP contribution in [-0.4, -0.2) is 64.3 Å². The van der Waals surface area contributed by atoms with Gasteiger partial charge in [-0.1, -0.05) is 30.3 Å². The summed E-state index contributed by atoms with van der Waals surface area (Å²) in [6, 6.07) is 15.4. The van der Waals surface area contributed by atoms with Crippen LogP contribution in [0.4, 0.5) is 0 Å². The fourth-order valence-corrected chi connectivity index (χ4v) is 4.10. The van der Waals surface area contributed by atoms with Crippen molar-refractivity contribution in [1.82, 2.24) is 10.2 Å². The number of carbonyl (C=O) groups excluding carboxylic acids is 2. The fourth-order valence-electron chi connectivity index (χ4n) is 4.10. The van der Waals surface area contributed by atoms with Gasteiger partial charge in [-0.15, -0.1) is 0 Å². The topological polar surface area (TPSA) is 77.1 Å². The number of rotatable bonds is 9. The van der Waals surface area contributed by atoms with Crippen molar-refractivity contribution >= 4 is 11.9 Å². The van der Waals surface area contributed by atoms with Gasteiger partial charge in [-0.3, -0.25) is 9.59 Å². The minimum atomic E-state index is -0.726. The zero-order chi connectivity index (χ0) is 23.0. The maximum absolute atomic E-state index is 12.8. The van der Waals surface area contributed by atoms with Gasteiger partial charge in [0, 0.05) is 24.7 Å². The molecule has 0 bridgehead atoms. The second kappa shape index (κ2) is 11.0. The summed E-state index contributed by atoms with van der Waals surface area (Å²) in [5.74, 6) is 0.508. The Labute approximate surface area is 189 Å². The molecule has 32 heavy (non-hydrogen) atoms. The van der Waals surface area contributed by atoms with Crippen LogP contribution >= 0.6 is 0 Å². The van der Waals surface area contributed by atoms with Crippen molar-refractivity contribution in [1.29, 1.82) is 0 Å². The third-order valence-corrected chi connectivity index (χ3v) is 6.19. The summed E-state index contributed by atoms with van der Waals surface area (Å²) in [5, 5.41) is 2.93. The zero-order valence-electron chi connectivity index (χ0n) is 19.1. The second-order valence-corrected chi connectivity index (χ2v) is 8.13. The molecule has 1 fully saturated rings. The maximum atomic E-state index is 12.8. The lowest BCUT2D eigenvalue weighted by molar-refractivity contribution is -0.155. The molecule has 0 saturated carbocycles. The minimum absolute atomic E-state index is 0.227. The lowest BCUT2D eigenvalue weighted by atomic mass is 9.78. The molecule has 1 aliphatic heterocycles. The number of esters is 1. The molecule has 0 aromatic heterocycles. The van der Waals surface area contributed by atoms with Crippen LogP contribution in [0, 0.1) is 5.41 Å². The van der Waals surface area contributed by atoms with Crippen LogP contribution in [0.15, 0.2) is 48.5 Å². The van der Waals surface area contributed by atoms with Gasteiger partial charge in [0.2, 0.25) is 0 Å². The number of benzene rings is 2. The summed E-state index contributed by atoms with van der Waals surface area (Å²) >= 11 is 0. The van der Waals surface area contributed by atoms with Crippen LogP contribution in [0.2, 0.25) is 0 Å². The van der Waals surface area contributed by atoms with Gasteiger partial charge in [-0.25, -0.2) is 0 Å². The normalized spacial score (nSPS) is 15.6. The Morgan fingerprint density at radius 3 is 2.16 bits per heavy atom. The molecule has 1 aliphatic rings. The van der Waals surface area contributed by atoms with Crippen molar-refractivity contribution in [2.24, 2.45) is 5.41 Å². The summed E-state index contributed by atoms with van der Waals surface area (Å²) < 4.78 is 15.6. The smallest absolute Gasteiger partial charge is 0.313 e. The number of amides is 1. The van der Waals surface area contributed by atoms with E-state index >= 15 is 0 Å². The first-order chi connectivity index (χ1) is 15.5. The highest BCUT2D eigenvalue weighted by atomic mass is 16.5. The number of carbonyl (C=O) groups is 2. The van der Waals surface area contributed by atoms with E-state index in [2.05, 4.69) is 34.5 Å². The number of nitrogens with one attached hydrogen (secondary N) is 1. The second-order valence-electron chi connectivity index (χ2n) is 8.13. The standard InChI is InChI=1S/C25H32N2O5/c1-30-21-15-20(16-22(17-21)31-2)23(28)26-18-25(24(29)32-3)10-13-27(14-11-25)12-9-19-7-5-4-6-8-19/h4-8,15-17H,9-14,18H2,1-3H3,(H,26,28). The predicted molar refractivity (Wildman–Crippen MR) is 122 cm³/mol. The number of likely N-dealkylation sites (tertiary alicyclic amines) is 1. The number of hydrogen-bond acceptors (Lipinski definition) is 6. The molecule has 1 amide bonds. The molecular formula is C25H32N2O5. The monoisotopic (exact) mass is 440 g/mol. The summed E-state index contributed by atoms with van der Waals surface area (Å²) in [6.07, 6.45) is 2.24. The largest absolute Gasteiger partial charge is 0.497 e. The number of piperidine rings is 1. The van der Waals surface area contributed by atoms with E-state index in [9.17, 15) is 9.59 Å². The van der Waals surface area contributed by atoms with E-state index in [1.54, 1.807) is 18.2 Å². The third-order valence-electron chi connectivity index (χ3n) is 6.19. The Kier molecular flexibility index (Phi) is 8.11. The molecule has 1 heterocycles. The van der Waals surface area contributed by atoms with Gasteiger partial charge in [0.05, 0.1) is 26.7 Å². The predicted octanol–water partition coefficient (Wildman–Crippen LogP) is 2.93. The summed E-state index contributed by atoms with van der Waals surface area (Å²) in [7, 11) is 4.48. The van der Waals surface area contributed by atoms with Crippen molar-refractivity contribution in [3.63, 3.8) is 0 Å². The van der Waals surface area contributed by atoms with Gasteiger partial charge < -0.3 is 24.4 Å². The highest BCUT2D eigenvalue weighted by Gasteiger charge is 2.42. The lowest BCUT2D eigenvalue weighted by Crippen LogP contribution is -2.51. The van der Waals surface area contributed by atoms with Crippen molar-refractivity contribution < 1.29 is 23.8 Å². The molecule has 7 heteroatoms. The molecule has 0 aliphatic carbocycles. The average molecular weight is 441 g/mol. The Morgan fingerprint density at radius 1 is 0.969 bits per heavy atom. The van der Waals surface area contributed by atoms with Crippen LogP contribution in [-0.2, 0) is 16.0 Å². The van der Waals surface area contributed by atoms with Gasteiger partial charge in [-0.05, 0) is 50.0 Å². The van der Waals surface area contributed by atoms with E-state index in [-0.39, 0.29) is 18.4 Å². The Bertz CT molecular complexity index is 886. The molecule has 2 aromatic carbocycles. The van der Waals surface area contributed by atoms with Crippen LogP contribution in [0.3, 0.4) is 0 Å². The quantitative estimate of drug-likeness (QED) is 0.604. The number of hydrogen-bond donors (Lipinski definition) is 1. The van der Waals surface area contributed by atoms with E-state index in [0.29, 0.717) is 29.9 Å². The summed E-state index contributed by atoms with van der Waals surface area (Å²) in [4.78, 5) is 27.9. The summed E-state index contributed by atoms with van der Waals surface area (Å²) in [5.41, 5.74) is 0.996. The SMILES string of the molecule is COC(=O)C1(CNC(=O)c2cc(OC)cc(OC)c2)CCN(CCc2ccccc2)CC1. The first-order valence-corrected chi connectivity index (χ1v) is 10.9. The Morgan fingerprint density at radius 2 is 1.59 bits per heavy atom. The highest BCUT2D eigenvalue weighted by molar-refractivity contribution is 5.95. The van der Waals surface area contributed by atoms with Gasteiger partial charge in [0.1, 0.15) is 11.5 Å². The lowest BCUT2D eigenvalue weighted by Gasteiger charge is -2.39. The molecule has 0 atom stereocenters. The van der Waals surface area contributed by atoms with E-state index in [1.807, 2.05) is 6.07 Å². The molecule has 3 rings (SSSR count). The first-order valence-electron chi connectivity index (χ1n) is 10.9. The number of ether oxygens (including phenoxy) is 3. The van der Waals surface area contributed by atoms with Crippen molar-refractivity contribution in [3.8, 4) is 11.5 Å². The van der Waals surface area contributed by atoms with Gasteiger partial charge in [0.25, 0.3) is 5.91 Å². The molecule has 7 nitrogen and oxygen atoms in total. The van der Waals surface area contributed by atoms with Crippen molar-refractivity contribution in [3.05, 3.63) is 59.7 Å². The molecule has 1 saturated heterocycles. The maximum Gasteiger partial charge on any atom is 0.313 e. The molecule has 172 valence electrons. The molecule has 0 radical (unpaired) electrons. The third kappa shape index (κ3) is 5.79. The molecule has 2 aromatic rings. The average Bonchev–Trinajstić information content (AvgIpc) is 2.86. The van der Waals surface area contributed by atoms with E-state index in [1.165, 1.54) is 26.9 Å². The van der Waals surface area contributed by atoms with E-state index in [4.69, 9.17) is 14.2 Å². The Hall–Kier alpha value is -3.06. The minimum Gasteiger partial charge on any atom is -0.497 e. The van der Waals surface area contributed by atoms with Crippen LogP contribution < -0.4 is 14.8 Å². The van der Waals surface area contributed by atoms with Crippen LogP contribution in [0.1, 0.15) is 28.8 Å². The fraction of sp³-hybridized carbons (Fsp3) is 0.440. The van der Waals surface area contributed by atoms with E-state index in [0.717, 1.165) is 26.1 Å². The molecular weight excluding hydrogens is 408 g/mol. The molecule has 1 N–H and O–H groups in total. The number of nitrogens with zero attached hydrogens (tertiary/aromatic N) is 1. The first kappa shape index (κ1) is 23.6. The van der Waals surface area contributed by atoms with Gasteiger partial charge >= 0.3 is 5.97 Å². The van der Waals surface area contributed by atoms with E-state index < -0.39 is 5.41 Å². The zero-order valence-corrected chi connectivity index (χ0v) is 19.1.